The third-order valence-electron chi connectivity index (χ3n) is 13.9. The molecule has 3 aliphatic heterocycles. The first-order chi connectivity index (χ1) is 32.8. The van der Waals surface area contributed by atoms with Gasteiger partial charge in [-0.05, 0) is 32.8 Å². The van der Waals surface area contributed by atoms with Crippen LogP contribution in [0.5, 0.6) is 23.0 Å². The van der Waals surface area contributed by atoms with Crippen molar-refractivity contribution in [2.45, 2.75) is 176 Å². The zero-order valence-corrected chi connectivity index (χ0v) is 43.0. The van der Waals surface area contributed by atoms with Gasteiger partial charge >= 0.3 is 11.8 Å². The van der Waals surface area contributed by atoms with Crippen LogP contribution in [-0.2, 0) is 23.8 Å². The summed E-state index contributed by atoms with van der Waals surface area (Å²) < 4.78 is 23.9. The number of unbranched alkanes of at least 4 members (excludes halogenated alkanes) is 10. The number of fused-ring (bicyclic) bond motifs is 14. The van der Waals surface area contributed by atoms with Crippen molar-refractivity contribution >= 4 is 40.3 Å². The number of allylic oxidation sites excluding steroid dienone is 2. The summed E-state index contributed by atoms with van der Waals surface area (Å²) >= 11 is 0. The van der Waals surface area contributed by atoms with Crippen LogP contribution in [0.4, 0.5) is 5.69 Å². The van der Waals surface area contributed by atoms with Gasteiger partial charge in [-0.15, -0.1) is 0 Å². The lowest BCUT2D eigenvalue weighted by atomic mass is 9.78. The second kappa shape index (κ2) is 26.2. The highest BCUT2D eigenvalue weighted by Gasteiger charge is 2.50. The first-order valence-corrected chi connectivity index (χ1v) is 25.1. The molecule has 2 aromatic rings. The number of carbonyl (C=O) groups excluding carboxylic acids is 3. The molecule has 0 fully saturated rings. The zero-order chi connectivity index (χ0) is 51.2. The Kier molecular flexibility index (Phi) is 21.4. The van der Waals surface area contributed by atoms with Crippen molar-refractivity contribution in [3.8, 4) is 23.0 Å². The van der Waals surface area contributed by atoms with E-state index in [0.29, 0.717) is 13.1 Å². The van der Waals surface area contributed by atoms with E-state index in [1.54, 1.807) is 46.8 Å². The van der Waals surface area contributed by atoms with Gasteiger partial charge in [0.15, 0.2) is 5.75 Å². The maximum absolute atomic E-state index is 14.7. The second-order valence-corrected chi connectivity index (χ2v) is 19.4. The highest BCUT2D eigenvalue weighted by atomic mass is 16.7. The number of ketones is 1. The number of nitrogens with one attached hydrogen (secondary N) is 1. The van der Waals surface area contributed by atoms with E-state index in [4.69, 9.17) is 24.0 Å². The average Bonchev–Trinajstić information content (AvgIpc) is 3.58. The molecule has 5 bridgehead atoms. The monoisotopic (exact) mass is 964 g/mol. The number of hydrazone groups is 1. The molecule has 9 atom stereocenters. The summed E-state index contributed by atoms with van der Waals surface area (Å²) in [6.45, 7) is 18.3. The molecule has 2 aromatic carbocycles. The minimum absolute atomic E-state index is 0.0667. The van der Waals surface area contributed by atoms with E-state index in [1.807, 2.05) is 5.01 Å². The summed E-state index contributed by atoms with van der Waals surface area (Å²) in [5.41, 5.74) is -0.259. The van der Waals surface area contributed by atoms with E-state index in [-0.39, 0.29) is 44.5 Å². The number of Topliss-reactive ketones (excluding diaryl/α,β-unsaturated/α-hetero) is 1. The molecule has 3 heterocycles. The van der Waals surface area contributed by atoms with Crippen molar-refractivity contribution in [2.24, 2.45) is 28.8 Å². The number of aliphatic hydroxyl groups excluding tert-OH is 2. The minimum atomic E-state index is -2.05. The molecule has 0 aromatic heterocycles. The van der Waals surface area contributed by atoms with Crippen LogP contribution >= 0.6 is 0 Å². The Hall–Kier alpha value is -5.12. The normalized spacial score (nSPS) is 27.5. The Balaban J connectivity index is 1.93. The van der Waals surface area contributed by atoms with Crippen molar-refractivity contribution < 1.29 is 58.9 Å². The molecule has 0 saturated heterocycles. The van der Waals surface area contributed by atoms with Gasteiger partial charge in [0, 0.05) is 74.2 Å². The fourth-order valence-electron chi connectivity index (χ4n) is 9.39. The molecular formula is C54H81N3O12. The molecule has 0 saturated carbocycles. The van der Waals surface area contributed by atoms with Crippen LogP contribution in [0.15, 0.2) is 41.2 Å². The third-order valence-corrected chi connectivity index (χ3v) is 13.9. The predicted octanol–water partition coefficient (Wildman–Crippen LogP) is 10.1. The van der Waals surface area contributed by atoms with Gasteiger partial charge in [-0.1, -0.05) is 124 Å². The molecule has 1 amide bonds. The number of aliphatic hydroxyl groups is 2. The number of esters is 1. The number of methoxy groups -OCH3 is 1. The van der Waals surface area contributed by atoms with Crippen LogP contribution in [0.1, 0.15) is 161 Å². The molecule has 15 heteroatoms. The summed E-state index contributed by atoms with van der Waals surface area (Å²) in [6.07, 6.45) is 18.0. The number of carbonyl (C=O) groups is 3. The molecule has 0 aliphatic carbocycles. The smallest absolute Gasteiger partial charge is 0.312 e. The summed E-state index contributed by atoms with van der Waals surface area (Å²) in [6, 6.07) is 0. The number of amides is 1. The molecule has 3 aliphatic rings. The first kappa shape index (κ1) is 56.5. The number of benzene rings is 2. The largest absolute Gasteiger partial charge is 0.507 e. The summed E-state index contributed by atoms with van der Waals surface area (Å²) in [4.78, 5) is 41.2. The van der Waals surface area contributed by atoms with Gasteiger partial charge in [0.25, 0.3) is 11.7 Å². The molecule has 0 unspecified atom stereocenters. The van der Waals surface area contributed by atoms with Crippen LogP contribution in [0, 0.1) is 30.6 Å². The molecule has 384 valence electrons. The van der Waals surface area contributed by atoms with Gasteiger partial charge in [0.1, 0.15) is 23.4 Å². The standard InChI is InChI=1S/C54H81N3O12/c1-12-14-16-18-20-22-28-57(29-23-21-19-17-15-13-2)55-31-39-44-49(63)42-41(48(39)62)43-51(37(8)47(42)61)69-54(10,52(43)64)67-30-27-40(66-11)34(5)50(68-38(9)58)36(7)46(60)35(6)45(59)32(3)25-24-26-33(4)53(65)56-44/h24-27,30-32,34-36,40,45-46,50,59-63H,12-23,28-29H2,1-11H3,(H,56,65)/b25-24-,30-27-,33-26-,55-31+/t32-,34+,35+,36+,40-,45-,46+,50+,54-/m0/s1. The molecule has 5 rings (SSSR count). The number of hydrogen-bond donors (Lipinski definition) is 6. The van der Waals surface area contributed by atoms with Gasteiger partial charge in [0.05, 0.1) is 53.0 Å². The Bertz CT molecular complexity index is 2190. The number of phenolic OH excluding ortho intramolecular Hbond substituents is 3. The van der Waals surface area contributed by atoms with Gasteiger partial charge in [0.2, 0.25) is 0 Å². The minimum Gasteiger partial charge on any atom is -0.507 e. The Morgan fingerprint density at radius 2 is 1.42 bits per heavy atom. The first-order valence-electron chi connectivity index (χ1n) is 25.1. The van der Waals surface area contributed by atoms with Gasteiger partial charge in [-0.25, -0.2) is 0 Å². The lowest BCUT2D eigenvalue weighted by molar-refractivity contribution is -0.160. The van der Waals surface area contributed by atoms with Crippen LogP contribution in [0.3, 0.4) is 0 Å². The van der Waals surface area contributed by atoms with Crippen molar-refractivity contribution in [3.05, 3.63) is 52.8 Å². The number of hydrogen-bond acceptors (Lipinski definition) is 14. The fourth-order valence-corrected chi connectivity index (χ4v) is 9.39. The summed E-state index contributed by atoms with van der Waals surface area (Å²) in [7, 11) is 1.45. The van der Waals surface area contributed by atoms with Gasteiger partial charge in [-0.2, -0.15) is 5.10 Å². The number of anilines is 1. The number of phenols is 3. The van der Waals surface area contributed by atoms with Crippen molar-refractivity contribution in [3.63, 3.8) is 0 Å². The van der Waals surface area contributed by atoms with E-state index >= 15 is 0 Å². The highest BCUT2D eigenvalue weighted by Crippen LogP contribution is 2.55. The van der Waals surface area contributed by atoms with E-state index in [2.05, 4.69) is 19.2 Å². The molecule has 0 spiro atoms. The Morgan fingerprint density at radius 1 is 0.826 bits per heavy atom. The third kappa shape index (κ3) is 13.8. The fraction of sp³-hybridized carbons (Fsp3) is 0.630. The van der Waals surface area contributed by atoms with Crippen molar-refractivity contribution in [1.29, 1.82) is 0 Å². The topological polar surface area (TPSA) is 217 Å². The number of rotatable bonds is 18. The Labute approximate surface area is 409 Å². The molecule has 69 heavy (non-hydrogen) atoms. The van der Waals surface area contributed by atoms with Crippen molar-refractivity contribution in [1.82, 2.24) is 5.01 Å². The van der Waals surface area contributed by atoms with Gasteiger partial charge < -0.3 is 49.8 Å². The van der Waals surface area contributed by atoms with E-state index in [0.717, 1.165) is 64.2 Å². The number of aromatic hydroxyl groups is 3. The summed E-state index contributed by atoms with van der Waals surface area (Å²) in [5.74, 6) is -8.26. The zero-order valence-electron chi connectivity index (χ0n) is 43.0. The van der Waals surface area contributed by atoms with Gasteiger partial charge in [-0.3, -0.25) is 19.4 Å². The number of nitrogens with zero attached hydrogens (tertiary/aromatic N) is 2. The highest BCUT2D eigenvalue weighted by molar-refractivity contribution is 6.23. The summed E-state index contributed by atoms with van der Waals surface area (Å²) in [5, 5.41) is 68.5. The van der Waals surface area contributed by atoms with Crippen molar-refractivity contribution in [2.75, 3.05) is 25.5 Å². The van der Waals surface area contributed by atoms with Crippen LogP contribution in [0.2, 0.25) is 0 Å². The van der Waals surface area contributed by atoms with E-state index in [1.165, 1.54) is 65.4 Å². The van der Waals surface area contributed by atoms with Crippen LogP contribution < -0.4 is 10.1 Å². The molecular weight excluding hydrogens is 883 g/mol. The molecule has 6 N–H and O–H groups in total. The average molecular weight is 964 g/mol. The predicted molar refractivity (Wildman–Crippen MR) is 270 cm³/mol. The van der Waals surface area contributed by atoms with E-state index < -0.39 is 88.8 Å². The maximum atomic E-state index is 14.7. The number of ether oxygens (including phenoxy) is 4. The van der Waals surface area contributed by atoms with Crippen LogP contribution in [-0.4, -0.2) is 105 Å². The molecule has 15 nitrogen and oxygen atoms in total. The maximum Gasteiger partial charge on any atom is 0.312 e. The SMILES string of the molecule is CCCCCCCCN(CCCCCCCC)/N=C/c1c2c(O)c3c(O)c(C)c4c(c3c1O)C(=O)[C@@](C)(O/C=C\[C@H](OC)[C@@H](C)[C@@H](OC(C)=O)[C@H](C)[C@H](O)[C@H](C)[C@@H](O)[C@@H](C)/C=C\C=C(\C)C(=O)N2)O4. The lowest BCUT2D eigenvalue weighted by Gasteiger charge is -2.38. The lowest BCUT2D eigenvalue weighted by Crippen LogP contribution is -2.46. The second-order valence-electron chi connectivity index (χ2n) is 19.4. The molecule has 0 radical (unpaired) electrons. The quantitative estimate of drug-likeness (QED) is 0.0205. The Morgan fingerprint density at radius 3 is 2.00 bits per heavy atom. The van der Waals surface area contributed by atoms with E-state index in [9.17, 15) is 39.9 Å². The van der Waals surface area contributed by atoms with Crippen LogP contribution in [0.25, 0.3) is 10.8 Å².